The number of hydrogen-bond donors (Lipinski definition) is 0. The zero-order valence-electron chi connectivity index (χ0n) is 14.2. The second-order valence-corrected chi connectivity index (χ2v) is 5.83. The molecule has 0 atom stereocenters. The van der Waals surface area contributed by atoms with Crippen LogP contribution in [0.1, 0.15) is 27.7 Å². The molecular formula is C17H27N3O. The Bertz CT molecular complexity index is 524. The molecule has 0 aromatic carbocycles. The molecule has 0 saturated carbocycles. The summed E-state index contributed by atoms with van der Waals surface area (Å²) in [6.07, 6.45) is 2.01. The average Bonchev–Trinajstić information content (AvgIpc) is 2.71. The lowest BCUT2D eigenvalue weighted by atomic mass is 10.1. The molecule has 1 aliphatic rings. The van der Waals surface area contributed by atoms with Crippen LogP contribution < -0.4 is 0 Å². The molecule has 0 aliphatic carbocycles. The molecular weight excluding hydrogens is 262 g/mol. The van der Waals surface area contributed by atoms with Crippen molar-refractivity contribution in [2.24, 2.45) is 4.99 Å². The third-order valence-corrected chi connectivity index (χ3v) is 3.72. The first kappa shape index (κ1) is 17.4. The molecule has 1 saturated heterocycles. The highest BCUT2D eigenvalue weighted by Crippen LogP contribution is 2.23. The summed E-state index contributed by atoms with van der Waals surface area (Å²) in [7, 11) is 4.12. The van der Waals surface area contributed by atoms with E-state index in [9.17, 15) is 4.79 Å². The van der Waals surface area contributed by atoms with E-state index >= 15 is 0 Å². The zero-order valence-corrected chi connectivity index (χ0v) is 14.2. The van der Waals surface area contributed by atoms with Gasteiger partial charge in [0.1, 0.15) is 0 Å². The summed E-state index contributed by atoms with van der Waals surface area (Å²) < 4.78 is 0. The number of likely N-dealkylation sites (N-methyl/N-ethyl adjacent to an activating group) is 1. The number of aliphatic imine (C=N–C) groups is 1. The third-order valence-electron chi connectivity index (χ3n) is 3.72. The second-order valence-electron chi connectivity index (χ2n) is 5.83. The number of amides is 1. The molecule has 0 bridgehead atoms. The normalized spacial score (nSPS) is 20.7. The van der Waals surface area contributed by atoms with E-state index in [1.807, 2.05) is 13.0 Å². The fourth-order valence-corrected chi connectivity index (χ4v) is 2.32. The maximum absolute atomic E-state index is 11.6. The number of rotatable bonds is 4. The highest BCUT2D eigenvalue weighted by atomic mass is 16.2. The lowest BCUT2D eigenvalue weighted by molar-refractivity contribution is -0.125. The maximum atomic E-state index is 11.6. The number of likely N-dealkylation sites (tertiary alicyclic amines) is 1. The van der Waals surface area contributed by atoms with Crippen LogP contribution in [0.4, 0.5) is 0 Å². The standard InChI is InChI=1S/C17H27N3O/c1-8-16-11-20(15(5)21)14(4)17(16)18-9-12(2)13(3)10-19(6)7/h8H,4,9-11H2,1-3,5-7H3/b13-12+,16-8-,18-17?. The highest BCUT2D eigenvalue weighted by molar-refractivity contribution is 6.16. The van der Waals surface area contributed by atoms with E-state index in [4.69, 9.17) is 4.99 Å². The van der Waals surface area contributed by atoms with E-state index in [2.05, 4.69) is 39.4 Å². The highest BCUT2D eigenvalue weighted by Gasteiger charge is 2.28. The van der Waals surface area contributed by atoms with Crippen LogP contribution >= 0.6 is 0 Å². The summed E-state index contributed by atoms with van der Waals surface area (Å²) in [4.78, 5) is 20.1. The van der Waals surface area contributed by atoms with Crippen molar-refractivity contribution in [1.82, 2.24) is 9.80 Å². The first-order valence-electron chi connectivity index (χ1n) is 7.25. The lowest BCUT2D eigenvalue weighted by Gasteiger charge is -2.13. The Kier molecular flexibility index (Phi) is 6.09. The lowest BCUT2D eigenvalue weighted by Crippen LogP contribution is -2.23. The molecule has 4 heteroatoms. The molecule has 1 fully saturated rings. The van der Waals surface area contributed by atoms with Crippen LogP contribution in [0.5, 0.6) is 0 Å². The largest absolute Gasteiger partial charge is 0.307 e. The summed E-state index contributed by atoms with van der Waals surface area (Å²) in [6.45, 7) is 14.0. The summed E-state index contributed by atoms with van der Waals surface area (Å²) in [5, 5.41) is 0. The molecule has 1 rings (SSSR count). The summed E-state index contributed by atoms with van der Waals surface area (Å²) in [5.41, 5.74) is 5.26. The van der Waals surface area contributed by atoms with Crippen LogP contribution in [-0.2, 0) is 4.79 Å². The van der Waals surface area contributed by atoms with Crippen LogP contribution in [0.15, 0.2) is 40.1 Å². The van der Waals surface area contributed by atoms with Crippen LogP contribution in [-0.4, -0.2) is 55.1 Å². The van der Waals surface area contributed by atoms with E-state index in [0.717, 1.165) is 17.8 Å². The first-order chi connectivity index (χ1) is 9.77. The molecule has 1 aliphatic heterocycles. The Morgan fingerprint density at radius 3 is 2.43 bits per heavy atom. The minimum Gasteiger partial charge on any atom is -0.307 e. The Morgan fingerprint density at radius 2 is 1.95 bits per heavy atom. The van der Waals surface area contributed by atoms with Gasteiger partial charge in [0.2, 0.25) is 5.91 Å². The number of allylic oxidation sites excluding steroid dienone is 2. The Balaban J connectivity index is 2.93. The molecule has 0 N–H and O–H groups in total. The van der Waals surface area contributed by atoms with Gasteiger partial charge < -0.3 is 9.80 Å². The molecule has 0 unspecified atom stereocenters. The predicted octanol–water partition coefficient (Wildman–Crippen LogP) is 2.65. The van der Waals surface area contributed by atoms with Crippen LogP contribution in [0.2, 0.25) is 0 Å². The van der Waals surface area contributed by atoms with Gasteiger partial charge in [-0.15, -0.1) is 0 Å². The first-order valence-corrected chi connectivity index (χ1v) is 7.25. The number of carbonyl (C=O) groups excluding carboxylic acids is 1. The monoisotopic (exact) mass is 289 g/mol. The average molecular weight is 289 g/mol. The molecule has 1 amide bonds. The molecule has 1 heterocycles. The zero-order chi connectivity index (χ0) is 16.2. The molecule has 21 heavy (non-hydrogen) atoms. The van der Waals surface area contributed by atoms with Gasteiger partial charge in [-0.05, 0) is 40.4 Å². The van der Waals surface area contributed by atoms with Gasteiger partial charge in [-0.2, -0.15) is 0 Å². The van der Waals surface area contributed by atoms with Gasteiger partial charge >= 0.3 is 0 Å². The Hall–Kier alpha value is -1.68. The van der Waals surface area contributed by atoms with Crippen LogP contribution in [0.25, 0.3) is 0 Å². The van der Waals surface area contributed by atoms with Crippen molar-refractivity contribution < 1.29 is 4.79 Å². The molecule has 0 spiro atoms. The quantitative estimate of drug-likeness (QED) is 0.746. The van der Waals surface area contributed by atoms with Crippen molar-refractivity contribution >= 4 is 11.6 Å². The van der Waals surface area contributed by atoms with Crippen molar-refractivity contribution in [3.05, 3.63) is 35.1 Å². The van der Waals surface area contributed by atoms with E-state index in [1.165, 1.54) is 11.1 Å². The second kappa shape index (κ2) is 7.36. The topological polar surface area (TPSA) is 35.9 Å². The summed E-state index contributed by atoms with van der Waals surface area (Å²) in [6, 6.07) is 0. The Morgan fingerprint density at radius 1 is 1.33 bits per heavy atom. The van der Waals surface area contributed by atoms with Gasteiger partial charge in [0.25, 0.3) is 0 Å². The van der Waals surface area contributed by atoms with Crippen molar-refractivity contribution in [2.75, 3.05) is 33.7 Å². The van der Waals surface area contributed by atoms with Crippen molar-refractivity contribution in [2.45, 2.75) is 27.7 Å². The minimum atomic E-state index is 0.0144. The van der Waals surface area contributed by atoms with E-state index in [-0.39, 0.29) is 5.91 Å². The molecule has 0 aromatic heterocycles. The smallest absolute Gasteiger partial charge is 0.224 e. The van der Waals surface area contributed by atoms with Gasteiger partial charge in [0.15, 0.2) is 0 Å². The molecule has 0 aromatic rings. The minimum absolute atomic E-state index is 0.0144. The molecule has 116 valence electrons. The van der Waals surface area contributed by atoms with Crippen molar-refractivity contribution in [3.8, 4) is 0 Å². The molecule has 0 radical (unpaired) electrons. The summed E-state index contributed by atoms with van der Waals surface area (Å²) in [5.74, 6) is 0.0144. The van der Waals surface area contributed by atoms with Crippen molar-refractivity contribution in [3.63, 3.8) is 0 Å². The van der Waals surface area contributed by atoms with E-state index in [1.54, 1.807) is 11.8 Å². The SMILES string of the molecule is C=C1C(=NC/C(C)=C(\C)CN(C)C)/C(=C\C)CN1C(C)=O. The van der Waals surface area contributed by atoms with Gasteiger partial charge in [-0.25, -0.2) is 0 Å². The van der Waals surface area contributed by atoms with Gasteiger partial charge in [0, 0.05) is 13.5 Å². The third kappa shape index (κ3) is 4.39. The van der Waals surface area contributed by atoms with Crippen LogP contribution in [0, 0.1) is 0 Å². The van der Waals surface area contributed by atoms with Gasteiger partial charge in [0.05, 0.1) is 24.5 Å². The molecule has 4 nitrogen and oxygen atoms in total. The van der Waals surface area contributed by atoms with Crippen molar-refractivity contribution in [1.29, 1.82) is 0 Å². The fraction of sp³-hybridized carbons (Fsp3) is 0.529. The number of carbonyl (C=O) groups is 1. The van der Waals surface area contributed by atoms with Gasteiger partial charge in [-0.3, -0.25) is 9.79 Å². The number of hydrogen-bond acceptors (Lipinski definition) is 3. The predicted molar refractivity (Wildman–Crippen MR) is 89.5 cm³/mol. The van der Waals surface area contributed by atoms with E-state index < -0.39 is 0 Å². The summed E-state index contributed by atoms with van der Waals surface area (Å²) >= 11 is 0. The number of nitrogens with zero attached hydrogens (tertiary/aromatic N) is 3. The maximum Gasteiger partial charge on any atom is 0.224 e. The van der Waals surface area contributed by atoms with E-state index in [0.29, 0.717) is 18.8 Å². The fourth-order valence-electron chi connectivity index (χ4n) is 2.32. The Labute approximate surface area is 128 Å². The van der Waals surface area contributed by atoms with Gasteiger partial charge in [-0.1, -0.05) is 23.8 Å². The van der Waals surface area contributed by atoms with Crippen LogP contribution in [0.3, 0.4) is 0 Å².